The Bertz CT molecular complexity index is 1780. The van der Waals surface area contributed by atoms with Crippen LogP contribution >= 0.6 is 0 Å². The molecule has 0 bridgehead atoms. The van der Waals surface area contributed by atoms with E-state index in [0.717, 1.165) is 11.4 Å². The number of H-pyrrole nitrogens is 1. The lowest BCUT2D eigenvalue weighted by molar-refractivity contribution is 0.498. The van der Waals surface area contributed by atoms with Crippen molar-refractivity contribution in [3.8, 4) is 0 Å². The summed E-state index contributed by atoms with van der Waals surface area (Å²) in [5.74, 6) is 0. The second kappa shape index (κ2) is 10.6. The minimum atomic E-state index is -4.54. The molecular weight excluding hydrogens is 546 g/mol. The molecule has 0 amide bonds. The predicted molar refractivity (Wildman–Crippen MR) is 160 cm³/mol. The smallest absolute Gasteiger partial charge is 0.257 e. The highest BCUT2D eigenvalue weighted by molar-refractivity contribution is 8.04. The van der Waals surface area contributed by atoms with E-state index in [-0.39, 0.29) is 22.8 Å². The molecule has 11 heteroatoms. The number of nitrogens with one attached hydrogen (secondary N) is 1. The van der Waals surface area contributed by atoms with E-state index in [1.165, 1.54) is 18.5 Å². The van der Waals surface area contributed by atoms with E-state index in [1.54, 1.807) is 42.6 Å². The maximum atomic E-state index is 14.4. The lowest BCUT2D eigenvalue weighted by Crippen LogP contribution is -2.38. The monoisotopic (exact) mass is 577 g/mol. The van der Waals surface area contributed by atoms with Crippen LogP contribution in [0, 0.1) is 0 Å². The Balaban J connectivity index is 1.73. The van der Waals surface area contributed by atoms with E-state index < -0.39 is 20.0 Å². The van der Waals surface area contributed by atoms with Crippen LogP contribution in [0.2, 0.25) is 0 Å². The van der Waals surface area contributed by atoms with Gasteiger partial charge < -0.3 is 14.8 Å². The van der Waals surface area contributed by atoms with E-state index in [0.29, 0.717) is 30.9 Å². The summed E-state index contributed by atoms with van der Waals surface area (Å²) in [6.45, 7) is -0.305. The van der Waals surface area contributed by atoms with Crippen LogP contribution in [0.25, 0.3) is 21.5 Å². The zero-order valence-electron chi connectivity index (χ0n) is 22.7. The molecule has 208 valence electrons. The van der Waals surface area contributed by atoms with Gasteiger partial charge in [-0.2, -0.15) is 0 Å². The number of rotatable bonds is 9. The highest BCUT2D eigenvalue weighted by Crippen LogP contribution is 2.36. The van der Waals surface area contributed by atoms with Gasteiger partial charge in [-0.3, -0.25) is 0 Å². The zero-order chi connectivity index (χ0) is 28.7. The summed E-state index contributed by atoms with van der Waals surface area (Å²) in [5, 5.41) is 2.31. The van der Waals surface area contributed by atoms with Crippen molar-refractivity contribution in [2.75, 3.05) is 44.5 Å². The topological polar surface area (TPSA) is 107 Å². The average Bonchev–Trinajstić information content (AvgIpc) is 3.45. The summed E-state index contributed by atoms with van der Waals surface area (Å²) in [5.41, 5.74) is 2.27. The van der Waals surface area contributed by atoms with Crippen LogP contribution in [-0.2, 0) is 26.5 Å². The molecule has 0 spiro atoms. The molecule has 9 nitrogen and oxygen atoms in total. The van der Waals surface area contributed by atoms with Gasteiger partial charge in [-0.15, -0.1) is 0 Å². The third-order valence-electron chi connectivity index (χ3n) is 6.89. The molecule has 0 aliphatic rings. The van der Waals surface area contributed by atoms with Crippen LogP contribution in [0.1, 0.15) is 5.69 Å². The third kappa shape index (κ3) is 4.80. The Hall–Kier alpha value is -3.93. The number of hydrogen-bond donors (Lipinski definition) is 1. The first-order valence-electron chi connectivity index (χ1n) is 12.7. The highest BCUT2D eigenvalue weighted by atomic mass is 32.3. The lowest BCUT2D eigenvalue weighted by atomic mass is 10.1. The van der Waals surface area contributed by atoms with Crippen molar-refractivity contribution in [2.24, 2.45) is 0 Å². The molecule has 5 aromatic rings. The first-order chi connectivity index (χ1) is 19.0. The number of fused-ring (bicyclic) bond motifs is 2. The Morgan fingerprint density at radius 2 is 1.10 bits per heavy atom. The summed E-state index contributed by atoms with van der Waals surface area (Å²) >= 11 is 0. The van der Waals surface area contributed by atoms with Crippen LogP contribution in [0.15, 0.2) is 95.1 Å². The van der Waals surface area contributed by atoms with Gasteiger partial charge >= 0.3 is 0 Å². The number of nitrogens with zero attached hydrogens (tertiary/aromatic N) is 4. The fourth-order valence-electron chi connectivity index (χ4n) is 4.98. The molecule has 0 saturated heterocycles. The molecule has 4 aromatic carbocycles. The van der Waals surface area contributed by atoms with Gasteiger partial charge in [-0.05, 0) is 24.3 Å². The Kier molecular flexibility index (Phi) is 7.30. The third-order valence-corrected chi connectivity index (χ3v) is 11.3. The number of hydrogen-bond acceptors (Lipinski definition) is 7. The van der Waals surface area contributed by atoms with Crippen LogP contribution in [0.4, 0.5) is 11.4 Å². The lowest BCUT2D eigenvalue weighted by Gasteiger charge is -2.24. The standard InChI is InChI=1S/C29H31N5O4S2/c1-32(2)26-13-5-11-24-22(26)9-7-15-28(24)39(35,36)34(18-17-21-19-30-20-31-21)40(37,38)29-16-8-10-23-25(29)12-6-14-27(23)33(3)4/h5-16,19-20H,17-18H2,1-4H3,(H,30,31). The van der Waals surface area contributed by atoms with E-state index in [2.05, 4.69) is 9.97 Å². The second-order valence-corrected chi connectivity index (χ2v) is 13.8. The summed E-state index contributed by atoms with van der Waals surface area (Å²) in [6, 6.07) is 20.6. The van der Waals surface area contributed by atoms with E-state index in [4.69, 9.17) is 0 Å². The van der Waals surface area contributed by atoms with Crippen molar-refractivity contribution < 1.29 is 16.8 Å². The van der Waals surface area contributed by atoms with Crippen molar-refractivity contribution in [2.45, 2.75) is 16.2 Å². The molecule has 1 aromatic heterocycles. The first-order valence-corrected chi connectivity index (χ1v) is 15.5. The maximum Gasteiger partial charge on any atom is 0.257 e. The van der Waals surface area contributed by atoms with Gasteiger partial charge in [0.05, 0.1) is 16.1 Å². The minimum absolute atomic E-state index is 0.0731. The predicted octanol–water partition coefficient (Wildman–Crippen LogP) is 4.47. The number of anilines is 2. The zero-order valence-corrected chi connectivity index (χ0v) is 24.4. The Morgan fingerprint density at radius 1 is 0.650 bits per heavy atom. The van der Waals surface area contributed by atoms with E-state index in [9.17, 15) is 16.8 Å². The molecule has 40 heavy (non-hydrogen) atoms. The fraction of sp³-hybridized carbons (Fsp3) is 0.207. The Labute approximate surface area is 234 Å². The second-order valence-electron chi connectivity index (χ2n) is 9.88. The van der Waals surface area contributed by atoms with Crippen molar-refractivity contribution in [1.29, 1.82) is 0 Å². The largest absolute Gasteiger partial charge is 0.377 e. The molecule has 0 saturated carbocycles. The molecule has 5 rings (SSSR count). The fourth-order valence-corrected chi connectivity index (χ4v) is 9.01. The molecular formula is C29H31N5O4S2. The summed E-state index contributed by atoms with van der Waals surface area (Å²) in [7, 11) is -1.59. The number of benzene rings is 4. The SMILES string of the molecule is CN(C)c1cccc2c(S(=O)(=O)N(CCc3cnc[nH]3)S(=O)(=O)c3cccc4c(N(C)C)cccc34)cccc12. The highest BCUT2D eigenvalue weighted by Gasteiger charge is 2.38. The molecule has 0 fully saturated rings. The molecule has 0 atom stereocenters. The van der Waals surface area contributed by atoms with Gasteiger partial charge in [0, 0.05) is 86.0 Å². The van der Waals surface area contributed by atoms with Crippen molar-refractivity contribution in [1.82, 2.24) is 13.7 Å². The van der Waals surface area contributed by atoms with Crippen LogP contribution in [0.3, 0.4) is 0 Å². The minimum Gasteiger partial charge on any atom is -0.377 e. The summed E-state index contributed by atoms with van der Waals surface area (Å²) in [4.78, 5) is 10.6. The summed E-state index contributed by atoms with van der Waals surface area (Å²) in [6.07, 6.45) is 3.16. The van der Waals surface area contributed by atoms with Gasteiger partial charge in [0.2, 0.25) is 0 Å². The van der Waals surface area contributed by atoms with E-state index in [1.807, 2.05) is 62.3 Å². The van der Waals surface area contributed by atoms with Gasteiger partial charge in [-0.25, -0.2) is 21.8 Å². The molecule has 1 heterocycles. The molecule has 0 unspecified atom stereocenters. The van der Waals surface area contributed by atoms with Crippen LogP contribution < -0.4 is 9.80 Å². The van der Waals surface area contributed by atoms with Crippen molar-refractivity contribution >= 4 is 53.0 Å². The normalized spacial score (nSPS) is 12.3. The molecule has 0 aliphatic heterocycles. The van der Waals surface area contributed by atoms with Crippen LogP contribution in [-0.4, -0.2) is 65.2 Å². The summed E-state index contributed by atoms with van der Waals surface area (Å²) < 4.78 is 58.3. The molecule has 0 aliphatic carbocycles. The first kappa shape index (κ1) is 27.6. The average molecular weight is 578 g/mol. The number of aromatic amines is 1. The number of sulfonamides is 2. The van der Waals surface area contributed by atoms with Gasteiger partial charge in [0.15, 0.2) is 0 Å². The van der Waals surface area contributed by atoms with Crippen molar-refractivity contribution in [3.05, 3.63) is 91.0 Å². The molecule has 0 radical (unpaired) electrons. The number of imidazole rings is 1. The van der Waals surface area contributed by atoms with Gasteiger partial charge in [-0.1, -0.05) is 52.2 Å². The van der Waals surface area contributed by atoms with Gasteiger partial charge in [0.25, 0.3) is 20.0 Å². The van der Waals surface area contributed by atoms with Crippen LogP contribution in [0.5, 0.6) is 0 Å². The van der Waals surface area contributed by atoms with E-state index >= 15 is 0 Å². The maximum absolute atomic E-state index is 14.4. The Morgan fingerprint density at radius 3 is 1.52 bits per heavy atom. The molecule has 1 N–H and O–H groups in total. The van der Waals surface area contributed by atoms with Gasteiger partial charge in [0.1, 0.15) is 0 Å². The quantitative estimate of drug-likeness (QED) is 0.276. The van der Waals surface area contributed by atoms with Crippen molar-refractivity contribution in [3.63, 3.8) is 0 Å². The number of aromatic nitrogens is 2.